The van der Waals surface area contributed by atoms with Crippen molar-refractivity contribution < 1.29 is 19.4 Å². The first-order valence-electron chi connectivity index (χ1n) is 5.15. The number of carboxylic acid groups (broad SMARTS) is 1. The highest BCUT2D eigenvalue weighted by Crippen LogP contribution is 2.26. The van der Waals surface area contributed by atoms with E-state index in [-0.39, 0.29) is 6.42 Å². The third-order valence-corrected chi connectivity index (χ3v) is 3.08. The van der Waals surface area contributed by atoms with Gasteiger partial charge in [0.05, 0.1) is 19.1 Å². The number of carbonyl (C=O) groups is 2. The molecular weight excluding hydrogens is 240 g/mol. The summed E-state index contributed by atoms with van der Waals surface area (Å²) in [5, 5.41) is 8.81. The van der Waals surface area contributed by atoms with Crippen molar-refractivity contribution in [3.8, 4) is 0 Å². The number of carbonyl (C=O) groups excluding carboxylic acids is 1. The molecule has 92 valence electrons. The highest BCUT2D eigenvalue weighted by atomic mass is 32.2. The Balaban J connectivity index is 3.23. The second-order valence-electron chi connectivity index (χ2n) is 3.29. The van der Waals surface area contributed by atoms with Crippen molar-refractivity contribution in [1.82, 2.24) is 0 Å². The number of esters is 1. The van der Waals surface area contributed by atoms with Gasteiger partial charge in [0.15, 0.2) is 0 Å². The lowest BCUT2D eigenvalue weighted by atomic mass is 10.0. The first kappa shape index (κ1) is 13.6. The minimum absolute atomic E-state index is 0.178. The molecule has 0 fully saturated rings. The standard InChI is InChI=1S/C12H14O4S/c1-3-17-9-6-4-5-8(7-10(13)14)11(9)12(15)16-2/h4-6H,3,7H2,1-2H3,(H,13,14). The third-order valence-electron chi connectivity index (χ3n) is 2.14. The Labute approximate surface area is 104 Å². The minimum Gasteiger partial charge on any atom is -0.481 e. The number of rotatable bonds is 5. The van der Waals surface area contributed by atoms with Gasteiger partial charge in [-0.25, -0.2) is 4.79 Å². The average Bonchev–Trinajstić information content (AvgIpc) is 2.28. The fourth-order valence-corrected chi connectivity index (χ4v) is 2.34. The molecule has 0 aliphatic heterocycles. The van der Waals surface area contributed by atoms with Crippen LogP contribution in [0.25, 0.3) is 0 Å². The zero-order valence-corrected chi connectivity index (χ0v) is 10.5. The summed E-state index contributed by atoms with van der Waals surface area (Å²) in [6, 6.07) is 5.19. The molecule has 0 spiro atoms. The summed E-state index contributed by atoms with van der Waals surface area (Å²) >= 11 is 1.49. The largest absolute Gasteiger partial charge is 0.481 e. The molecule has 0 unspecified atom stereocenters. The Morgan fingerprint density at radius 1 is 1.41 bits per heavy atom. The van der Waals surface area contributed by atoms with Crippen molar-refractivity contribution in [2.24, 2.45) is 0 Å². The van der Waals surface area contributed by atoms with E-state index >= 15 is 0 Å². The Bertz CT molecular complexity index is 429. The van der Waals surface area contributed by atoms with Crippen molar-refractivity contribution in [2.45, 2.75) is 18.2 Å². The van der Waals surface area contributed by atoms with Crippen LogP contribution in [0.5, 0.6) is 0 Å². The lowest BCUT2D eigenvalue weighted by molar-refractivity contribution is -0.136. The van der Waals surface area contributed by atoms with Gasteiger partial charge in [-0.2, -0.15) is 0 Å². The maximum Gasteiger partial charge on any atom is 0.339 e. The van der Waals surface area contributed by atoms with Crippen LogP contribution in [0.3, 0.4) is 0 Å². The van der Waals surface area contributed by atoms with Crippen LogP contribution in [0.2, 0.25) is 0 Å². The fraction of sp³-hybridized carbons (Fsp3) is 0.333. The van der Waals surface area contributed by atoms with Crippen molar-refractivity contribution in [3.05, 3.63) is 29.3 Å². The van der Waals surface area contributed by atoms with Gasteiger partial charge in [-0.1, -0.05) is 19.1 Å². The van der Waals surface area contributed by atoms with E-state index in [1.54, 1.807) is 18.2 Å². The number of methoxy groups -OCH3 is 1. The maximum atomic E-state index is 11.7. The number of ether oxygens (including phenoxy) is 1. The molecule has 0 aliphatic carbocycles. The van der Waals surface area contributed by atoms with Crippen LogP contribution in [0.1, 0.15) is 22.8 Å². The zero-order valence-electron chi connectivity index (χ0n) is 9.73. The average molecular weight is 254 g/mol. The highest BCUT2D eigenvalue weighted by molar-refractivity contribution is 7.99. The Morgan fingerprint density at radius 2 is 2.12 bits per heavy atom. The molecular formula is C12H14O4S. The number of hydrogen-bond acceptors (Lipinski definition) is 4. The molecule has 1 rings (SSSR count). The molecule has 0 heterocycles. The van der Waals surface area contributed by atoms with Crippen molar-refractivity contribution in [3.63, 3.8) is 0 Å². The maximum absolute atomic E-state index is 11.7. The molecule has 1 aromatic carbocycles. The van der Waals surface area contributed by atoms with Gasteiger partial charge in [0, 0.05) is 4.90 Å². The molecule has 17 heavy (non-hydrogen) atoms. The first-order valence-corrected chi connectivity index (χ1v) is 6.13. The van der Waals surface area contributed by atoms with E-state index in [0.29, 0.717) is 11.1 Å². The first-order chi connectivity index (χ1) is 8.10. The minimum atomic E-state index is -0.964. The molecule has 0 atom stereocenters. The molecule has 0 bridgehead atoms. The van der Waals surface area contributed by atoms with Gasteiger partial charge in [0.2, 0.25) is 0 Å². The molecule has 5 heteroatoms. The predicted octanol–water partition coefficient (Wildman–Crippen LogP) is 2.21. The lowest BCUT2D eigenvalue weighted by Crippen LogP contribution is -2.11. The number of benzene rings is 1. The van der Waals surface area contributed by atoms with E-state index in [1.807, 2.05) is 6.92 Å². The SMILES string of the molecule is CCSc1cccc(CC(=O)O)c1C(=O)OC. The van der Waals surface area contributed by atoms with Gasteiger partial charge in [-0.15, -0.1) is 11.8 Å². The molecule has 0 amide bonds. The lowest BCUT2D eigenvalue weighted by Gasteiger charge is -2.10. The normalized spacial score (nSPS) is 10.0. The monoisotopic (exact) mass is 254 g/mol. The molecule has 0 aliphatic rings. The Hall–Kier alpha value is -1.49. The Kier molecular flexibility index (Phi) is 5.03. The summed E-state index contributed by atoms with van der Waals surface area (Å²) in [7, 11) is 1.29. The summed E-state index contributed by atoms with van der Waals surface area (Å²) in [4.78, 5) is 23.2. The second-order valence-corrected chi connectivity index (χ2v) is 4.59. The van der Waals surface area contributed by atoms with Gasteiger partial charge in [-0.3, -0.25) is 4.79 Å². The summed E-state index contributed by atoms with van der Waals surface area (Å²) in [6.07, 6.45) is -0.178. The molecule has 0 saturated carbocycles. The van der Waals surface area contributed by atoms with E-state index in [2.05, 4.69) is 0 Å². The third kappa shape index (κ3) is 3.49. The smallest absolute Gasteiger partial charge is 0.339 e. The summed E-state index contributed by atoms with van der Waals surface area (Å²) in [5.41, 5.74) is 0.854. The number of hydrogen-bond donors (Lipinski definition) is 1. The fourth-order valence-electron chi connectivity index (χ4n) is 1.50. The van der Waals surface area contributed by atoms with Gasteiger partial charge < -0.3 is 9.84 Å². The van der Waals surface area contributed by atoms with Crippen LogP contribution in [0.4, 0.5) is 0 Å². The van der Waals surface area contributed by atoms with Gasteiger partial charge in [0.25, 0.3) is 0 Å². The topological polar surface area (TPSA) is 63.6 Å². The molecule has 1 aromatic rings. The Morgan fingerprint density at radius 3 is 2.65 bits per heavy atom. The van der Waals surface area contributed by atoms with Crippen molar-refractivity contribution >= 4 is 23.7 Å². The second kappa shape index (κ2) is 6.30. The van der Waals surface area contributed by atoms with E-state index in [0.717, 1.165) is 10.6 Å². The van der Waals surface area contributed by atoms with E-state index < -0.39 is 11.9 Å². The number of thioether (sulfide) groups is 1. The number of carboxylic acids is 1. The van der Waals surface area contributed by atoms with Gasteiger partial charge in [0.1, 0.15) is 0 Å². The van der Waals surface area contributed by atoms with Crippen molar-refractivity contribution in [1.29, 1.82) is 0 Å². The van der Waals surface area contributed by atoms with Gasteiger partial charge >= 0.3 is 11.9 Å². The molecule has 0 radical (unpaired) electrons. The molecule has 4 nitrogen and oxygen atoms in total. The predicted molar refractivity (Wildman–Crippen MR) is 65.5 cm³/mol. The molecule has 0 saturated heterocycles. The quantitative estimate of drug-likeness (QED) is 0.644. The van der Waals surface area contributed by atoms with Crippen LogP contribution in [-0.4, -0.2) is 29.9 Å². The van der Waals surface area contributed by atoms with E-state index in [1.165, 1.54) is 18.9 Å². The number of aliphatic carboxylic acids is 1. The highest BCUT2D eigenvalue weighted by Gasteiger charge is 2.18. The molecule has 0 aromatic heterocycles. The molecule has 1 N–H and O–H groups in total. The summed E-state index contributed by atoms with van der Waals surface area (Å²) in [6.45, 7) is 1.97. The van der Waals surface area contributed by atoms with Gasteiger partial charge in [-0.05, 0) is 17.4 Å². The van der Waals surface area contributed by atoms with Crippen LogP contribution < -0.4 is 0 Å². The zero-order chi connectivity index (χ0) is 12.8. The van der Waals surface area contributed by atoms with Crippen molar-refractivity contribution in [2.75, 3.05) is 12.9 Å². The summed E-state index contributed by atoms with van der Waals surface area (Å²) < 4.78 is 4.70. The van der Waals surface area contributed by atoms with E-state index in [9.17, 15) is 9.59 Å². The van der Waals surface area contributed by atoms with Crippen LogP contribution in [0, 0.1) is 0 Å². The van der Waals surface area contributed by atoms with Crippen LogP contribution >= 0.6 is 11.8 Å². The summed E-state index contributed by atoms with van der Waals surface area (Å²) in [5.74, 6) is -0.646. The van der Waals surface area contributed by atoms with Crippen LogP contribution in [-0.2, 0) is 16.0 Å². The van der Waals surface area contributed by atoms with Crippen LogP contribution in [0.15, 0.2) is 23.1 Å². The van der Waals surface area contributed by atoms with E-state index in [4.69, 9.17) is 9.84 Å².